The second kappa shape index (κ2) is 5.24. The van der Waals surface area contributed by atoms with Crippen molar-refractivity contribution in [1.82, 2.24) is 10.2 Å². The third-order valence-corrected chi connectivity index (χ3v) is 4.41. The van der Waals surface area contributed by atoms with E-state index in [2.05, 4.69) is 5.32 Å². The maximum Gasteiger partial charge on any atom is 0.318 e. The number of hydrogen-bond donors (Lipinski definition) is 2. The fourth-order valence-corrected chi connectivity index (χ4v) is 1.99. The van der Waals surface area contributed by atoms with E-state index >= 15 is 0 Å². The molecule has 0 aliphatic carbocycles. The van der Waals surface area contributed by atoms with Gasteiger partial charge < -0.3 is 20.1 Å². The predicted molar refractivity (Wildman–Crippen MR) is 75.6 cm³/mol. The van der Waals surface area contributed by atoms with Crippen molar-refractivity contribution in [2.75, 3.05) is 19.8 Å². The third kappa shape index (κ3) is 3.06. The van der Waals surface area contributed by atoms with Crippen LogP contribution in [0.3, 0.4) is 0 Å². The quantitative estimate of drug-likeness (QED) is 0.827. The molecule has 0 radical (unpaired) electrons. The zero-order valence-corrected chi connectivity index (χ0v) is 13.2. The van der Waals surface area contributed by atoms with Crippen molar-refractivity contribution in [2.24, 2.45) is 5.41 Å². The molecule has 1 heterocycles. The molecule has 0 aromatic rings. The Morgan fingerprint density at radius 2 is 1.80 bits per heavy atom. The van der Waals surface area contributed by atoms with Crippen molar-refractivity contribution in [1.29, 1.82) is 0 Å². The summed E-state index contributed by atoms with van der Waals surface area (Å²) in [4.78, 5) is 25.5. The first kappa shape index (κ1) is 16.8. The van der Waals surface area contributed by atoms with Crippen molar-refractivity contribution in [3.63, 3.8) is 0 Å². The highest BCUT2D eigenvalue weighted by atomic mass is 16.5. The molecule has 1 aliphatic heterocycles. The molecule has 2 N–H and O–H groups in total. The first-order valence-electron chi connectivity index (χ1n) is 6.83. The summed E-state index contributed by atoms with van der Waals surface area (Å²) in [5.74, 6) is -0.941. The van der Waals surface area contributed by atoms with Crippen LogP contribution in [0.2, 0.25) is 0 Å². The summed E-state index contributed by atoms with van der Waals surface area (Å²) in [6.45, 7) is 12.0. The Kier molecular flexibility index (Phi) is 4.39. The van der Waals surface area contributed by atoms with Gasteiger partial charge in [0.25, 0.3) is 0 Å². The lowest BCUT2D eigenvalue weighted by Gasteiger charge is -2.45. The highest BCUT2D eigenvalue weighted by Crippen LogP contribution is 2.31. The van der Waals surface area contributed by atoms with E-state index in [1.807, 2.05) is 13.8 Å². The summed E-state index contributed by atoms with van der Waals surface area (Å²) >= 11 is 0. The third-order valence-electron chi connectivity index (χ3n) is 4.41. The van der Waals surface area contributed by atoms with Gasteiger partial charge in [-0.3, -0.25) is 4.79 Å². The van der Waals surface area contributed by atoms with Crippen molar-refractivity contribution in [2.45, 2.75) is 52.6 Å². The lowest BCUT2D eigenvalue weighted by molar-refractivity contribution is -0.150. The molecular formula is C14H26N2O4. The van der Waals surface area contributed by atoms with Gasteiger partial charge in [0.05, 0.1) is 29.7 Å². The number of rotatable bonds is 3. The van der Waals surface area contributed by atoms with E-state index in [9.17, 15) is 14.7 Å². The largest absolute Gasteiger partial charge is 0.481 e. The smallest absolute Gasteiger partial charge is 0.318 e. The lowest BCUT2D eigenvalue weighted by Crippen LogP contribution is -2.64. The Bertz CT molecular complexity index is 402. The number of aliphatic carboxylic acids is 1. The van der Waals surface area contributed by atoms with E-state index < -0.39 is 22.5 Å². The van der Waals surface area contributed by atoms with E-state index in [1.54, 1.807) is 32.6 Å². The number of nitrogens with zero attached hydrogens (tertiary/aromatic N) is 1. The number of ether oxygens (including phenoxy) is 1. The van der Waals surface area contributed by atoms with Gasteiger partial charge in [-0.2, -0.15) is 0 Å². The molecular weight excluding hydrogens is 260 g/mol. The van der Waals surface area contributed by atoms with Crippen LogP contribution >= 0.6 is 0 Å². The summed E-state index contributed by atoms with van der Waals surface area (Å²) in [5.41, 5.74) is -2.34. The van der Waals surface area contributed by atoms with Crippen molar-refractivity contribution in [3.8, 4) is 0 Å². The van der Waals surface area contributed by atoms with Crippen LogP contribution in [0, 0.1) is 5.41 Å². The first-order valence-corrected chi connectivity index (χ1v) is 6.83. The number of carboxylic acids is 1. The molecule has 1 saturated heterocycles. The van der Waals surface area contributed by atoms with Gasteiger partial charge >= 0.3 is 12.0 Å². The van der Waals surface area contributed by atoms with E-state index in [4.69, 9.17) is 4.74 Å². The van der Waals surface area contributed by atoms with E-state index in [-0.39, 0.29) is 6.03 Å². The normalized spacial score (nSPS) is 19.6. The predicted octanol–water partition coefficient (Wildman–Crippen LogP) is 1.70. The average molecular weight is 286 g/mol. The van der Waals surface area contributed by atoms with Crippen LogP contribution in [0.1, 0.15) is 41.5 Å². The Morgan fingerprint density at radius 1 is 1.25 bits per heavy atom. The van der Waals surface area contributed by atoms with E-state index in [1.165, 1.54) is 0 Å². The average Bonchev–Trinajstić information content (AvgIpc) is 2.26. The monoisotopic (exact) mass is 286 g/mol. The Balaban J connectivity index is 2.87. The molecule has 1 aliphatic rings. The second-order valence-electron chi connectivity index (χ2n) is 7.00. The second-order valence-corrected chi connectivity index (χ2v) is 7.00. The fourth-order valence-electron chi connectivity index (χ4n) is 1.99. The topological polar surface area (TPSA) is 78.9 Å². The van der Waals surface area contributed by atoms with Crippen molar-refractivity contribution >= 4 is 12.0 Å². The number of urea groups is 1. The zero-order valence-electron chi connectivity index (χ0n) is 13.2. The van der Waals surface area contributed by atoms with E-state index in [0.717, 1.165) is 0 Å². The van der Waals surface area contributed by atoms with Crippen LogP contribution in [0.25, 0.3) is 0 Å². The van der Waals surface area contributed by atoms with Gasteiger partial charge in [-0.05, 0) is 41.5 Å². The number of amides is 2. The van der Waals surface area contributed by atoms with Gasteiger partial charge in [0, 0.05) is 6.54 Å². The summed E-state index contributed by atoms with van der Waals surface area (Å²) in [6.07, 6.45) is 0. The van der Waals surface area contributed by atoms with Gasteiger partial charge in [0.2, 0.25) is 0 Å². The maximum atomic E-state index is 12.5. The van der Waals surface area contributed by atoms with Gasteiger partial charge in [-0.1, -0.05) is 0 Å². The fraction of sp³-hybridized carbons (Fsp3) is 0.857. The Hall–Kier alpha value is -1.30. The minimum Gasteiger partial charge on any atom is -0.481 e. The minimum atomic E-state index is -1.07. The lowest BCUT2D eigenvalue weighted by atomic mass is 9.74. The number of carbonyl (C=O) groups is 2. The van der Waals surface area contributed by atoms with E-state index in [0.29, 0.717) is 19.8 Å². The minimum absolute atomic E-state index is 0.252. The molecule has 0 bridgehead atoms. The molecule has 0 saturated carbocycles. The number of hydrogen-bond acceptors (Lipinski definition) is 3. The van der Waals surface area contributed by atoms with Crippen LogP contribution in [0.4, 0.5) is 4.79 Å². The number of carboxylic acid groups (broad SMARTS) is 1. The van der Waals surface area contributed by atoms with Crippen LogP contribution < -0.4 is 5.32 Å². The maximum absolute atomic E-state index is 12.5. The molecule has 6 nitrogen and oxygen atoms in total. The first-order chi connectivity index (χ1) is 8.92. The molecule has 0 aromatic heterocycles. The molecule has 0 atom stereocenters. The number of carbonyl (C=O) groups excluding carboxylic acids is 1. The highest BCUT2D eigenvalue weighted by molar-refractivity contribution is 5.80. The summed E-state index contributed by atoms with van der Waals surface area (Å²) in [5, 5.41) is 12.2. The summed E-state index contributed by atoms with van der Waals surface area (Å²) < 4.78 is 5.38. The SMILES string of the molecule is CC1(C)COCCN1C(=O)NC(C)(C)C(C)(C)C(=O)O. The van der Waals surface area contributed by atoms with Crippen LogP contribution in [0.5, 0.6) is 0 Å². The van der Waals surface area contributed by atoms with Gasteiger partial charge in [0.1, 0.15) is 0 Å². The van der Waals surface area contributed by atoms with Gasteiger partial charge in [0.15, 0.2) is 0 Å². The van der Waals surface area contributed by atoms with Gasteiger partial charge in [-0.25, -0.2) is 4.79 Å². The molecule has 2 amide bonds. The standard InChI is InChI=1S/C14H26N2O4/c1-12(2)9-20-8-7-16(12)11(19)15-14(5,6)13(3,4)10(17)18/h7-9H2,1-6H3,(H,15,19)(H,17,18). The van der Waals surface area contributed by atoms with Crippen molar-refractivity contribution < 1.29 is 19.4 Å². The highest BCUT2D eigenvalue weighted by Gasteiger charge is 2.46. The molecule has 20 heavy (non-hydrogen) atoms. The molecule has 1 fully saturated rings. The molecule has 0 spiro atoms. The van der Waals surface area contributed by atoms with Gasteiger partial charge in [-0.15, -0.1) is 0 Å². The number of nitrogens with one attached hydrogen (secondary N) is 1. The molecule has 1 rings (SSSR count). The molecule has 6 heteroatoms. The summed E-state index contributed by atoms with van der Waals surface area (Å²) in [7, 11) is 0. The Labute approximate surface area is 120 Å². The molecule has 116 valence electrons. The Morgan fingerprint density at radius 3 is 2.25 bits per heavy atom. The molecule has 0 unspecified atom stereocenters. The molecule has 0 aromatic carbocycles. The van der Waals surface area contributed by atoms with Crippen LogP contribution in [-0.4, -0.2) is 52.8 Å². The number of morpholine rings is 1. The van der Waals surface area contributed by atoms with Crippen molar-refractivity contribution in [3.05, 3.63) is 0 Å². The zero-order chi connectivity index (χ0) is 15.8. The van der Waals surface area contributed by atoms with Crippen LogP contribution in [0.15, 0.2) is 0 Å². The summed E-state index contributed by atoms with van der Waals surface area (Å²) in [6, 6.07) is -0.252. The van der Waals surface area contributed by atoms with Crippen LogP contribution in [-0.2, 0) is 9.53 Å².